The molecule has 0 radical (unpaired) electrons. The Kier molecular flexibility index (Phi) is 6.27. The molecule has 1 fully saturated rings. The number of hydrogen-bond donors (Lipinski definition) is 2. The number of nitrogens with one attached hydrogen (secondary N) is 1. The lowest BCUT2D eigenvalue weighted by Crippen LogP contribution is -2.43. The molecule has 0 unspecified atom stereocenters. The number of benzene rings is 2. The molecule has 1 saturated heterocycles. The third kappa shape index (κ3) is 4.29. The van der Waals surface area contributed by atoms with Crippen LogP contribution in [0.25, 0.3) is 0 Å². The van der Waals surface area contributed by atoms with E-state index in [-0.39, 0.29) is 22.3 Å². The van der Waals surface area contributed by atoms with E-state index < -0.39 is 0 Å². The van der Waals surface area contributed by atoms with Crippen molar-refractivity contribution in [3.05, 3.63) is 74.5 Å². The van der Waals surface area contributed by atoms with Crippen LogP contribution in [0.5, 0.6) is 0 Å². The van der Waals surface area contributed by atoms with E-state index in [2.05, 4.69) is 39.5 Å². The zero-order chi connectivity index (χ0) is 24.7. The summed E-state index contributed by atoms with van der Waals surface area (Å²) in [5.74, 6) is 0.468. The number of rotatable bonds is 4. The van der Waals surface area contributed by atoms with E-state index in [1.54, 1.807) is 36.9 Å². The lowest BCUT2D eigenvalue weighted by molar-refractivity contribution is 0.0963. The average molecular weight is 510 g/mol. The number of nitrogen functional groups attached to an aromatic ring is 1. The second kappa shape index (κ2) is 9.24. The molecular formula is C26H28ClN5O2S. The summed E-state index contributed by atoms with van der Waals surface area (Å²) in [6.45, 7) is 1.67. The minimum Gasteiger partial charge on any atom is -0.382 e. The summed E-state index contributed by atoms with van der Waals surface area (Å²) in [4.78, 5) is 33.1. The van der Waals surface area contributed by atoms with E-state index in [4.69, 9.17) is 17.3 Å². The number of carbonyl (C=O) groups is 1. The molecule has 1 aromatic heterocycles. The van der Waals surface area contributed by atoms with Gasteiger partial charge in [-0.1, -0.05) is 53.7 Å². The predicted molar refractivity (Wildman–Crippen MR) is 141 cm³/mol. The third-order valence-corrected chi connectivity index (χ3v) is 8.92. The fourth-order valence-corrected chi connectivity index (χ4v) is 6.55. The molecule has 1 aliphatic heterocycles. The Labute approximate surface area is 213 Å². The lowest BCUT2D eigenvalue weighted by atomic mass is 9.76. The summed E-state index contributed by atoms with van der Waals surface area (Å²) >= 11 is 7.60. The molecule has 1 aliphatic carbocycles. The van der Waals surface area contributed by atoms with Gasteiger partial charge in [-0.2, -0.15) is 4.98 Å². The van der Waals surface area contributed by atoms with Gasteiger partial charge < -0.3 is 16.0 Å². The van der Waals surface area contributed by atoms with Crippen molar-refractivity contribution in [2.75, 3.05) is 30.8 Å². The summed E-state index contributed by atoms with van der Waals surface area (Å²) < 4.78 is 1.57. The Bertz CT molecular complexity index is 1340. The fraction of sp³-hybridized carbons (Fsp3) is 0.346. The van der Waals surface area contributed by atoms with Gasteiger partial charge in [-0.3, -0.25) is 14.2 Å². The Hall–Kier alpha value is -2.97. The Balaban J connectivity index is 1.36. The summed E-state index contributed by atoms with van der Waals surface area (Å²) in [6, 6.07) is 13.9. The monoisotopic (exact) mass is 509 g/mol. The first kappa shape index (κ1) is 23.8. The van der Waals surface area contributed by atoms with Crippen molar-refractivity contribution in [3.8, 4) is 0 Å². The number of anilines is 2. The van der Waals surface area contributed by atoms with Crippen molar-refractivity contribution >= 4 is 41.0 Å². The minimum absolute atomic E-state index is 0.170. The van der Waals surface area contributed by atoms with Crippen molar-refractivity contribution in [2.24, 2.45) is 12.5 Å². The van der Waals surface area contributed by atoms with E-state index in [0.29, 0.717) is 26.7 Å². The highest BCUT2D eigenvalue weighted by molar-refractivity contribution is 7.99. The summed E-state index contributed by atoms with van der Waals surface area (Å²) in [6.07, 6.45) is 4.35. The summed E-state index contributed by atoms with van der Waals surface area (Å²) in [5, 5.41) is 2.85. The van der Waals surface area contributed by atoms with Crippen LogP contribution in [0, 0.1) is 5.41 Å². The van der Waals surface area contributed by atoms with Crippen LogP contribution < -0.4 is 21.5 Å². The molecule has 2 aliphatic rings. The minimum atomic E-state index is -0.292. The highest BCUT2D eigenvalue weighted by Gasteiger charge is 2.40. The predicted octanol–water partition coefficient (Wildman–Crippen LogP) is 3.91. The Morgan fingerprint density at radius 3 is 2.40 bits per heavy atom. The summed E-state index contributed by atoms with van der Waals surface area (Å²) in [5.41, 5.74) is 9.65. The number of piperidine rings is 1. The maximum Gasteiger partial charge on any atom is 0.270 e. The number of carbonyl (C=O) groups excluding carboxylic acids is 1. The molecule has 0 atom stereocenters. The van der Waals surface area contributed by atoms with Gasteiger partial charge in [-0.05, 0) is 54.4 Å². The molecular weight excluding hydrogens is 482 g/mol. The Morgan fingerprint density at radius 2 is 1.77 bits per heavy atom. The summed E-state index contributed by atoms with van der Waals surface area (Å²) in [7, 11) is 3.27. The molecule has 7 nitrogen and oxygen atoms in total. The van der Waals surface area contributed by atoms with Crippen LogP contribution in [0.3, 0.4) is 0 Å². The molecule has 5 rings (SSSR count). The van der Waals surface area contributed by atoms with Gasteiger partial charge >= 0.3 is 0 Å². The van der Waals surface area contributed by atoms with E-state index >= 15 is 0 Å². The second-order valence-electron chi connectivity index (χ2n) is 9.40. The molecule has 1 amide bonds. The number of aromatic nitrogens is 2. The largest absolute Gasteiger partial charge is 0.382 e. The van der Waals surface area contributed by atoms with Crippen LogP contribution in [-0.2, 0) is 19.9 Å². The van der Waals surface area contributed by atoms with E-state index in [9.17, 15) is 9.59 Å². The molecule has 35 heavy (non-hydrogen) atoms. The van der Waals surface area contributed by atoms with Crippen LogP contribution in [0.15, 0.2) is 57.1 Å². The van der Waals surface area contributed by atoms with E-state index in [1.807, 2.05) is 0 Å². The van der Waals surface area contributed by atoms with Crippen LogP contribution in [-0.4, -0.2) is 35.6 Å². The number of nitrogens with zero attached hydrogens (tertiary/aromatic N) is 3. The van der Waals surface area contributed by atoms with Crippen molar-refractivity contribution in [1.29, 1.82) is 0 Å². The fourth-order valence-electron chi connectivity index (χ4n) is 5.28. The Morgan fingerprint density at radius 1 is 1.11 bits per heavy atom. The molecule has 9 heteroatoms. The van der Waals surface area contributed by atoms with Crippen LogP contribution >= 0.6 is 23.4 Å². The lowest BCUT2D eigenvalue weighted by Gasteiger charge is -2.40. The standard InChI is InChI=1S/C26H28ClN5O2S/c1-29-23(33)18-8-5-9-19(20(18)27)35-21-22(28)30-25(31(2)24(21)34)32-12-10-26(11-13-32)14-16-6-3-4-7-17(16)15-26/h3-9H,10-15,28H2,1-2H3,(H,29,33). The maximum atomic E-state index is 13.3. The van der Waals surface area contributed by atoms with Gasteiger partial charge in [0.05, 0.1) is 10.6 Å². The van der Waals surface area contributed by atoms with Gasteiger partial charge in [0.2, 0.25) is 5.95 Å². The first-order valence-electron chi connectivity index (χ1n) is 11.7. The third-order valence-electron chi connectivity index (χ3n) is 7.26. The molecule has 1 spiro atoms. The smallest absolute Gasteiger partial charge is 0.270 e. The molecule has 3 aromatic rings. The van der Waals surface area contributed by atoms with E-state index in [1.165, 1.54) is 11.1 Å². The molecule has 0 bridgehead atoms. The van der Waals surface area contributed by atoms with Crippen molar-refractivity contribution in [1.82, 2.24) is 14.9 Å². The molecule has 3 N–H and O–H groups in total. The zero-order valence-corrected chi connectivity index (χ0v) is 21.4. The van der Waals surface area contributed by atoms with Gasteiger partial charge in [0, 0.05) is 32.1 Å². The first-order valence-corrected chi connectivity index (χ1v) is 12.9. The van der Waals surface area contributed by atoms with Crippen LogP contribution in [0.1, 0.15) is 34.3 Å². The number of hydrogen-bond acceptors (Lipinski definition) is 6. The number of nitrogens with two attached hydrogens (primary N) is 1. The SMILES string of the molecule is CNC(=O)c1cccc(Sc2c(N)nc(N3CCC4(CC3)Cc3ccccc3C4)n(C)c2=O)c1Cl. The van der Waals surface area contributed by atoms with Crippen LogP contribution in [0.2, 0.25) is 5.02 Å². The van der Waals surface area contributed by atoms with Crippen molar-refractivity contribution in [2.45, 2.75) is 35.5 Å². The normalized spacial score (nSPS) is 16.4. The zero-order valence-electron chi connectivity index (χ0n) is 19.8. The molecule has 0 saturated carbocycles. The van der Waals surface area contributed by atoms with Gasteiger partial charge in [-0.25, -0.2) is 0 Å². The van der Waals surface area contributed by atoms with Crippen LogP contribution in [0.4, 0.5) is 11.8 Å². The number of amides is 1. The van der Waals surface area contributed by atoms with Crippen molar-refractivity contribution < 1.29 is 4.79 Å². The van der Waals surface area contributed by atoms with Crippen molar-refractivity contribution in [3.63, 3.8) is 0 Å². The maximum absolute atomic E-state index is 13.3. The van der Waals surface area contributed by atoms with Gasteiger partial charge in [0.1, 0.15) is 10.7 Å². The molecule has 2 heterocycles. The molecule has 182 valence electrons. The van der Waals surface area contributed by atoms with Gasteiger partial charge in [-0.15, -0.1) is 0 Å². The highest BCUT2D eigenvalue weighted by atomic mass is 35.5. The van der Waals surface area contributed by atoms with E-state index in [0.717, 1.165) is 50.5 Å². The van der Waals surface area contributed by atoms with Gasteiger partial charge in [0.25, 0.3) is 11.5 Å². The molecule has 2 aromatic carbocycles. The average Bonchev–Trinajstić information content (AvgIpc) is 3.22. The second-order valence-corrected chi connectivity index (χ2v) is 10.8. The highest BCUT2D eigenvalue weighted by Crippen LogP contribution is 2.45. The van der Waals surface area contributed by atoms with Gasteiger partial charge in [0.15, 0.2) is 0 Å². The topological polar surface area (TPSA) is 93.2 Å². The number of fused-ring (bicyclic) bond motifs is 1. The quantitative estimate of drug-likeness (QED) is 0.554. The first-order chi connectivity index (χ1) is 16.8. The number of halogens is 1.